The van der Waals surface area contributed by atoms with Gasteiger partial charge in [-0.2, -0.15) is 0 Å². The molecule has 1 N–H and O–H groups in total. The Balaban J connectivity index is 1.62. The van der Waals surface area contributed by atoms with Crippen LogP contribution in [0.25, 0.3) is 6.08 Å². The minimum absolute atomic E-state index is 0.200. The summed E-state index contributed by atoms with van der Waals surface area (Å²) >= 11 is 1.11. The average molecular weight is 476 g/mol. The zero-order valence-corrected chi connectivity index (χ0v) is 19.3. The van der Waals surface area contributed by atoms with Crippen LogP contribution in [-0.4, -0.2) is 23.1 Å². The summed E-state index contributed by atoms with van der Waals surface area (Å²) in [6, 6.07) is 19.8. The first kappa shape index (κ1) is 23.1. The van der Waals surface area contributed by atoms with E-state index >= 15 is 0 Å². The van der Waals surface area contributed by atoms with E-state index in [4.69, 9.17) is 9.47 Å². The number of aliphatic imine (C=N–C) groups is 1. The van der Waals surface area contributed by atoms with Crippen LogP contribution in [-0.2, 0) is 11.4 Å². The highest BCUT2D eigenvalue weighted by atomic mass is 32.2. The average Bonchev–Trinajstić information content (AvgIpc) is 3.18. The van der Waals surface area contributed by atoms with E-state index < -0.39 is 4.92 Å². The van der Waals surface area contributed by atoms with Gasteiger partial charge in [-0.1, -0.05) is 48.0 Å². The second-order valence-corrected chi connectivity index (χ2v) is 8.44. The zero-order chi connectivity index (χ0) is 24.1. The first-order chi connectivity index (χ1) is 16.4. The molecule has 1 aliphatic heterocycles. The molecule has 0 bridgehead atoms. The highest BCUT2D eigenvalue weighted by Crippen LogP contribution is 2.38. The molecule has 0 aliphatic carbocycles. The molecule has 1 aliphatic rings. The third kappa shape index (κ3) is 5.44. The van der Waals surface area contributed by atoms with Crippen LogP contribution < -0.4 is 14.8 Å². The molecule has 0 unspecified atom stereocenters. The van der Waals surface area contributed by atoms with Gasteiger partial charge in [-0.25, -0.2) is 4.99 Å². The predicted molar refractivity (Wildman–Crippen MR) is 132 cm³/mol. The molecule has 0 atom stereocenters. The molecule has 3 aromatic carbocycles. The lowest BCUT2D eigenvalue weighted by molar-refractivity contribution is -0.385. The van der Waals surface area contributed by atoms with Crippen LogP contribution in [0.1, 0.15) is 16.7 Å². The van der Waals surface area contributed by atoms with Crippen molar-refractivity contribution in [1.82, 2.24) is 5.32 Å². The molecule has 172 valence electrons. The summed E-state index contributed by atoms with van der Waals surface area (Å²) in [6.45, 7) is 2.20. The molecule has 1 fully saturated rings. The van der Waals surface area contributed by atoms with Crippen LogP contribution in [0.5, 0.6) is 11.5 Å². The number of carbonyl (C=O) groups excluding carboxylic acids is 1. The molecule has 1 amide bonds. The van der Waals surface area contributed by atoms with Crippen LogP contribution in [0.15, 0.2) is 76.6 Å². The van der Waals surface area contributed by atoms with Crippen molar-refractivity contribution in [3.05, 3.63) is 98.4 Å². The van der Waals surface area contributed by atoms with Gasteiger partial charge in [-0.05, 0) is 48.5 Å². The van der Waals surface area contributed by atoms with Gasteiger partial charge in [0.1, 0.15) is 6.61 Å². The van der Waals surface area contributed by atoms with Crippen molar-refractivity contribution in [2.75, 3.05) is 7.11 Å². The number of thioether (sulfide) groups is 1. The smallest absolute Gasteiger partial charge is 0.280 e. The lowest BCUT2D eigenvalue weighted by atomic mass is 10.1. The van der Waals surface area contributed by atoms with Gasteiger partial charge in [0.15, 0.2) is 16.7 Å². The highest BCUT2D eigenvalue weighted by molar-refractivity contribution is 8.18. The molecular formula is C25H21N3O5S. The Morgan fingerprint density at radius 3 is 2.50 bits per heavy atom. The minimum Gasteiger partial charge on any atom is -0.493 e. The topological polar surface area (TPSA) is 103 Å². The fourth-order valence-electron chi connectivity index (χ4n) is 3.20. The number of ether oxygens (including phenoxy) is 2. The van der Waals surface area contributed by atoms with Crippen LogP contribution in [0.4, 0.5) is 11.4 Å². The summed E-state index contributed by atoms with van der Waals surface area (Å²) < 4.78 is 11.2. The van der Waals surface area contributed by atoms with Crippen molar-refractivity contribution in [3.63, 3.8) is 0 Å². The monoisotopic (exact) mass is 475 g/mol. The Morgan fingerprint density at radius 2 is 1.82 bits per heavy atom. The Hall–Kier alpha value is -4.11. The predicted octanol–water partition coefficient (Wildman–Crippen LogP) is 5.38. The summed E-state index contributed by atoms with van der Waals surface area (Å²) in [4.78, 5) is 28.5. The van der Waals surface area contributed by atoms with Crippen LogP contribution in [0.3, 0.4) is 0 Å². The molecule has 0 radical (unpaired) electrons. The number of amidine groups is 1. The van der Waals surface area contributed by atoms with Crippen molar-refractivity contribution >= 4 is 40.3 Å². The molecule has 3 aromatic rings. The molecule has 0 spiro atoms. The second kappa shape index (κ2) is 10.2. The van der Waals surface area contributed by atoms with Gasteiger partial charge in [-0.3, -0.25) is 14.9 Å². The molecule has 1 saturated heterocycles. The fourth-order valence-corrected chi connectivity index (χ4v) is 4.04. The van der Waals surface area contributed by atoms with E-state index in [0.717, 1.165) is 22.9 Å². The quantitative estimate of drug-likeness (QED) is 0.279. The van der Waals surface area contributed by atoms with E-state index in [2.05, 4.69) is 10.3 Å². The second-order valence-electron chi connectivity index (χ2n) is 7.41. The summed E-state index contributed by atoms with van der Waals surface area (Å²) in [5.41, 5.74) is 2.74. The zero-order valence-electron chi connectivity index (χ0n) is 18.5. The lowest BCUT2D eigenvalue weighted by Gasteiger charge is -2.12. The SMILES string of the molecule is COc1cc(/C=C2/SC(=Nc3ccc(C)cc3)NC2=O)c([N+](=O)[O-])cc1OCc1ccccc1. The number of aryl methyl sites for hydroxylation is 1. The summed E-state index contributed by atoms with van der Waals surface area (Å²) in [5.74, 6) is 0.184. The largest absolute Gasteiger partial charge is 0.493 e. The third-order valence-electron chi connectivity index (χ3n) is 4.95. The minimum atomic E-state index is -0.514. The van der Waals surface area contributed by atoms with Crippen molar-refractivity contribution in [1.29, 1.82) is 0 Å². The molecule has 4 rings (SSSR count). The van der Waals surface area contributed by atoms with E-state index in [0.29, 0.717) is 16.6 Å². The molecule has 0 saturated carbocycles. The number of nitrogens with one attached hydrogen (secondary N) is 1. The molecule has 8 nitrogen and oxygen atoms in total. The number of amides is 1. The Bertz CT molecular complexity index is 1290. The van der Waals surface area contributed by atoms with Crippen LogP contribution in [0, 0.1) is 17.0 Å². The Kier molecular flexibility index (Phi) is 6.93. The van der Waals surface area contributed by atoms with Crippen LogP contribution >= 0.6 is 11.8 Å². The first-order valence-electron chi connectivity index (χ1n) is 10.3. The van der Waals surface area contributed by atoms with Crippen molar-refractivity contribution in [3.8, 4) is 11.5 Å². The van der Waals surface area contributed by atoms with Gasteiger partial charge in [0.05, 0.1) is 34.3 Å². The number of nitro benzene ring substituents is 1. The molecule has 0 aromatic heterocycles. The van der Waals surface area contributed by atoms with Crippen molar-refractivity contribution < 1.29 is 19.2 Å². The van der Waals surface area contributed by atoms with Gasteiger partial charge in [0, 0.05) is 0 Å². The van der Waals surface area contributed by atoms with Gasteiger partial charge < -0.3 is 14.8 Å². The van der Waals surface area contributed by atoms with Gasteiger partial charge in [0.2, 0.25) is 0 Å². The number of benzene rings is 3. The standard InChI is InChI=1S/C25H21N3O5S/c1-16-8-10-19(11-9-16)26-25-27-24(29)23(34-25)13-18-12-21(32-2)22(14-20(18)28(30)31)33-15-17-6-4-3-5-7-17/h3-14H,15H2,1-2H3,(H,26,27,29)/b23-13+. The third-order valence-corrected chi connectivity index (χ3v) is 5.86. The van der Waals surface area contributed by atoms with Crippen molar-refractivity contribution in [2.24, 2.45) is 4.99 Å². The number of methoxy groups -OCH3 is 1. The molecule has 9 heteroatoms. The maximum Gasteiger partial charge on any atom is 0.280 e. The molecule has 1 heterocycles. The summed E-state index contributed by atoms with van der Waals surface area (Å²) in [7, 11) is 1.46. The number of hydrogen-bond acceptors (Lipinski definition) is 7. The van der Waals surface area contributed by atoms with Gasteiger partial charge >= 0.3 is 0 Å². The van der Waals surface area contributed by atoms with E-state index in [1.807, 2.05) is 61.5 Å². The van der Waals surface area contributed by atoms with E-state index in [1.54, 1.807) is 0 Å². The van der Waals surface area contributed by atoms with Gasteiger partial charge in [-0.15, -0.1) is 0 Å². The van der Waals surface area contributed by atoms with Gasteiger partial charge in [0.25, 0.3) is 11.6 Å². The lowest BCUT2D eigenvalue weighted by Crippen LogP contribution is -2.19. The number of rotatable bonds is 7. The summed E-state index contributed by atoms with van der Waals surface area (Å²) in [5, 5.41) is 14.9. The number of hydrogen-bond donors (Lipinski definition) is 1. The van der Waals surface area contributed by atoms with E-state index in [9.17, 15) is 14.9 Å². The maximum absolute atomic E-state index is 12.5. The van der Waals surface area contributed by atoms with Crippen LogP contribution in [0.2, 0.25) is 0 Å². The van der Waals surface area contributed by atoms with E-state index in [1.165, 1.54) is 25.3 Å². The summed E-state index contributed by atoms with van der Waals surface area (Å²) in [6.07, 6.45) is 1.46. The fraction of sp³-hybridized carbons (Fsp3) is 0.120. The molecule has 34 heavy (non-hydrogen) atoms. The normalized spacial score (nSPS) is 15.4. The van der Waals surface area contributed by atoms with E-state index in [-0.39, 0.29) is 34.4 Å². The molecular weight excluding hydrogens is 454 g/mol. The first-order valence-corrected chi connectivity index (χ1v) is 11.1. The highest BCUT2D eigenvalue weighted by Gasteiger charge is 2.26. The Morgan fingerprint density at radius 1 is 1.09 bits per heavy atom. The number of nitro groups is 1. The maximum atomic E-state index is 12.5. The Labute approximate surface area is 200 Å². The number of nitrogens with zero attached hydrogens (tertiary/aromatic N) is 2. The number of carbonyl (C=O) groups is 1. The van der Waals surface area contributed by atoms with Crippen molar-refractivity contribution in [2.45, 2.75) is 13.5 Å².